The minimum absolute atomic E-state index is 0.00464. The Morgan fingerprint density at radius 3 is 2.37 bits per heavy atom. The molecule has 2 amide bonds. The van der Waals surface area contributed by atoms with Crippen molar-refractivity contribution in [3.63, 3.8) is 0 Å². The van der Waals surface area contributed by atoms with Crippen LogP contribution in [0.3, 0.4) is 0 Å². The molecule has 1 aromatic rings. The lowest BCUT2D eigenvalue weighted by atomic mass is 10.1. The molecule has 1 rings (SSSR count). The number of benzene rings is 1. The SMILES string of the molecule is CC(CC(=O)NCC(C)C)=NNC(=O)Cc1ccc([N+](=O)[O-])cc1[N+](=O)[O-]. The second-order valence-corrected chi connectivity index (χ2v) is 6.26. The van der Waals surface area contributed by atoms with E-state index in [0.29, 0.717) is 18.2 Å². The zero-order valence-electron chi connectivity index (χ0n) is 15.2. The first-order valence-electron chi connectivity index (χ1n) is 8.10. The lowest BCUT2D eigenvalue weighted by Crippen LogP contribution is -2.29. The third-order valence-corrected chi connectivity index (χ3v) is 3.32. The maximum absolute atomic E-state index is 11.9. The number of nitro groups is 2. The van der Waals surface area contributed by atoms with Gasteiger partial charge in [0.15, 0.2) is 0 Å². The van der Waals surface area contributed by atoms with E-state index in [1.165, 1.54) is 0 Å². The summed E-state index contributed by atoms with van der Waals surface area (Å²) in [6, 6.07) is 3.05. The molecule has 0 spiro atoms. The van der Waals surface area contributed by atoms with Gasteiger partial charge >= 0.3 is 0 Å². The fraction of sp³-hybridized carbons (Fsp3) is 0.438. The van der Waals surface area contributed by atoms with Crippen LogP contribution in [0.5, 0.6) is 0 Å². The van der Waals surface area contributed by atoms with Gasteiger partial charge in [-0.2, -0.15) is 5.10 Å². The lowest BCUT2D eigenvalue weighted by molar-refractivity contribution is -0.394. The van der Waals surface area contributed by atoms with E-state index >= 15 is 0 Å². The Kier molecular flexibility index (Phi) is 7.98. The van der Waals surface area contributed by atoms with Crippen LogP contribution in [0.2, 0.25) is 0 Å². The fourth-order valence-electron chi connectivity index (χ4n) is 2.01. The van der Waals surface area contributed by atoms with Gasteiger partial charge in [-0.15, -0.1) is 0 Å². The van der Waals surface area contributed by atoms with Crippen LogP contribution in [-0.4, -0.2) is 33.9 Å². The summed E-state index contributed by atoms with van der Waals surface area (Å²) in [7, 11) is 0. The van der Waals surface area contributed by atoms with Crippen LogP contribution < -0.4 is 10.7 Å². The van der Waals surface area contributed by atoms with Crippen LogP contribution in [-0.2, 0) is 16.0 Å². The van der Waals surface area contributed by atoms with Crippen LogP contribution >= 0.6 is 0 Å². The molecule has 0 saturated heterocycles. The van der Waals surface area contributed by atoms with Gasteiger partial charge in [-0.3, -0.25) is 29.8 Å². The number of non-ortho nitro benzene ring substituents is 1. The summed E-state index contributed by atoms with van der Waals surface area (Å²) in [5.41, 5.74) is 1.64. The van der Waals surface area contributed by atoms with Gasteiger partial charge in [-0.25, -0.2) is 5.43 Å². The van der Waals surface area contributed by atoms with Crippen molar-refractivity contribution in [3.05, 3.63) is 44.0 Å². The molecule has 0 heterocycles. The van der Waals surface area contributed by atoms with Crippen LogP contribution in [0.25, 0.3) is 0 Å². The molecule has 0 atom stereocenters. The molecule has 2 N–H and O–H groups in total. The van der Waals surface area contributed by atoms with E-state index in [-0.39, 0.29) is 24.3 Å². The third kappa shape index (κ3) is 7.59. The Hall–Kier alpha value is -3.37. The minimum Gasteiger partial charge on any atom is -0.356 e. The average Bonchev–Trinajstić information content (AvgIpc) is 2.58. The molecule has 11 nitrogen and oxygen atoms in total. The Balaban J connectivity index is 2.70. The highest BCUT2D eigenvalue weighted by Crippen LogP contribution is 2.24. The van der Waals surface area contributed by atoms with Crippen molar-refractivity contribution in [1.82, 2.24) is 10.7 Å². The van der Waals surface area contributed by atoms with Crippen molar-refractivity contribution in [2.24, 2.45) is 11.0 Å². The molecule has 0 unspecified atom stereocenters. The number of rotatable bonds is 9. The molecule has 146 valence electrons. The Morgan fingerprint density at radius 2 is 1.81 bits per heavy atom. The van der Waals surface area contributed by atoms with Gasteiger partial charge in [0.1, 0.15) is 0 Å². The fourth-order valence-corrected chi connectivity index (χ4v) is 2.01. The summed E-state index contributed by atoms with van der Waals surface area (Å²) in [4.78, 5) is 43.8. The topological polar surface area (TPSA) is 157 Å². The maximum Gasteiger partial charge on any atom is 0.279 e. The molecule has 0 fully saturated rings. The number of amides is 2. The summed E-state index contributed by atoms with van der Waals surface area (Å²) < 4.78 is 0. The van der Waals surface area contributed by atoms with Crippen molar-refractivity contribution in [2.45, 2.75) is 33.6 Å². The van der Waals surface area contributed by atoms with Crippen LogP contribution in [0, 0.1) is 26.1 Å². The zero-order chi connectivity index (χ0) is 20.6. The highest BCUT2D eigenvalue weighted by atomic mass is 16.6. The molecule has 0 radical (unpaired) electrons. The number of hydrogen-bond acceptors (Lipinski definition) is 7. The molecular formula is C16H21N5O6. The van der Waals surface area contributed by atoms with E-state index in [4.69, 9.17) is 0 Å². The van der Waals surface area contributed by atoms with Gasteiger partial charge < -0.3 is 5.32 Å². The van der Waals surface area contributed by atoms with Crippen LogP contribution in [0.15, 0.2) is 23.3 Å². The van der Waals surface area contributed by atoms with E-state index in [9.17, 15) is 29.8 Å². The Labute approximate surface area is 155 Å². The van der Waals surface area contributed by atoms with Crippen molar-refractivity contribution in [1.29, 1.82) is 0 Å². The van der Waals surface area contributed by atoms with E-state index in [0.717, 1.165) is 18.2 Å². The van der Waals surface area contributed by atoms with Gasteiger partial charge in [0.25, 0.3) is 11.4 Å². The first-order chi connectivity index (χ1) is 12.6. The second kappa shape index (κ2) is 9.94. The van der Waals surface area contributed by atoms with Crippen LogP contribution in [0.4, 0.5) is 11.4 Å². The summed E-state index contributed by atoms with van der Waals surface area (Å²) in [5, 5.41) is 28.3. The first-order valence-corrected chi connectivity index (χ1v) is 8.10. The lowest BCUT2D eigenvalue weighted by Gasteiger charge is -2.07. The van der Waals surface area contributed by atoms with Crippen molar-refractivity contribution < 1.29 is 19.4 Å². The third-order valence-electron chi connectivity index (χ3n) is 3.32. The second-order valence-electron chi connectivity index (χ2n) is 6.26. The van der Waals surface area contributed by atoms with Crippen molar-refractivity contribution >= 4 is 28.9 Å². The molecule has 0 saturated carbocycles. The van der Waals surface area contributed by atoms with Gasteiger partial charge in [0.05, 0.1) is 28.8 Å². The smallest absolute Gasteiger partial charge is 0.279 e. The molecule has 0 bridgehead atoms. The highest BCUT2D eigenvalue weighted by Gasteiger charge is 2.21. The average molecular weight is 379 g/mol. The number of hydrazone groups is 1. The maximum atomic E-state index is 11.9. The molecule has 0 aliphatic carbocycles. The molecule has 1 aromatic carbocycles. The monoisotopic (exact) mass is 379 g/mol. The number of nitro benzene ring substituents is 2. The Bertz CT molecular complexity index is 775. The summed E-state index contributed by atoms with van der Waals surface area (Å²) >= 11 is 0. The Morgan fingerprint density at radius 1 is 1.15 bits per heavy atom. The predicted octanol–water partition coefficient (Wildman–Crippen LogP) is 1.70. The first kappa shape index (κ1) is 21.7. The summed E-state index contributed by atoms with van der Waals surface area (Å²) in [6.45, 7) is 6.00. The predicted molar refractivity (Wildman–Crippen MR) is 97.2 cm³/mol. The quantitative estimate of drug-likeness (QED) is 0.378. The molecule has 0 aromatic heterocycles. The molecule has 0 aliphatic rings. The van der Waals surface area contributed by atoms with E-state index in [1.807, 2.05) is 13.8 Å². The number of nitrogens with zero attached hydrogens (tertiary/aromatic N) is 3. The van der Waals surface area contributed by atoms with Crippen molar-refractivity contribution in [2.75, 3.05) is 6.54 Å². The molecule has 27 heavy (non-hydrogen) atoms. The number of hydrogen-bond donors (Lipinski definition) is 2. The summed E-state index contributed by atoms with van der Waals surface area (Å²) in [5.74, 6) is -0.567. The van der Waals surface area contributed by atoms with E-state index in [1.54, 1.807) is 6.92 Å². The van der Waals surface area contributed by atoms with Crippen molar-refractivity contribution in [3.8, 4) is 0 Å². The van der Waals surface area contributed by atoms with Gasteiger partial charge in [0.2, 0.25) is 11.8 Å². The summed E-state index contributed by atoms with van der Waals surface area (Å²) in [6.07, 6.45) is -0.380. The van der Waals surface area contributed by atoms with Gasteiger partial charge in [-0.05, 0) is 18.9 Å². The van der Waals surface area contributed by atoms with E-state index < -0.39 is 27.1 Å². The van der Waals surface area contributed by atoms with E-state index in [2.05, 4.69) is 15.8 Å². The standard InChI is InChI=1S/C16H21N5O6/c1-10(2)9-17-15(22)6-11(3)18-19-16(23)7-12-4-5-13(20(24)25)8-14(12)21(26)27/h4-5,8,10H,6-7,9H2,1-3H3,(H,17,22)(H,19,23). The molecule has 0 aliphatic heterocycles. The number of nitrogens with one attached hydrogen (secondary N) is 2. The molecule has 11 heteroatoms. The van der Waals surface area contributed by atoms with Crippen LogP contribution in [0.1, 0.15) is 32.8 Å². The number of carbonyl (C=O) groups excluding carboxylic acids is 2. The van der Waals surface area contributed by atoms with Gasteiger partial charge in [-0.1, -0.05) is 13.8 Å². The molecular weight excluding hydrogens is 358 g/mol. The normalized spacial score (nSPS) is 11.2. The van der Waals surface area contributed by atoms with Gasteiger partial charge in [0, 0.05) is 23.9 Å². The highest BCUT2D eigenvalue weighted by molar-refractivity contribution is 6.00. The minimum atomic E-state index is -0.788. The number of carbonyl (C=O) groups is 2. The largest absolute Gasteiger partial charge is 0.356 e. The zero-order valence-corrected chi connectivity index (χ0v) is 15.2.